The van der Waals surface area contributed by atoms with Gasteiger partial charge in [0.25, 0.3) is 0 Å². The highest BCUT2D eigenvalue weighted by Gasteiger charge is 2.66. The third-order valence-corrected chi connectivity index (χ3v) is 7.02. The van der Waals surface area contributed by atoms with Gasteiger partial charge in [-0.25, -0.2) is 0 Å². The zero-order valence-electron chi connectivity index (χ0n) is 19.3. The third-order valence-electron chi connectivity index (χ3n) is 7.02. The summed E-state index contributed by atoms with van der Waals surface area (Å²) in [5, 5.41) is 10.6. The minimum atomic E-state index is -1.70. The second kappa shape index (κ2) is 8.77. The number of hydrogen-bond donors (Lipinski definition) is 1. The van der Waals surface area contributed by atoms with Crippen molar-refractivity contribution in [2.45, 2.75) is 24.9 Å². The highest BCUT2D eigenvalue weighted by Crippen LogP contribution is 2.57. The van der Waals surface area contributed by atoms with Crippen LogP contribution in [0.1, 0.15) is 34.3 Å². The molecule has 3 aromatic carbocycles. The number of Topliss-reactive ketones (excluding diaryl/α,β-unsaturated/α-hetero) is 1. The maximum absolute atomic E-state index is 14.2. The number of para-hydroxylation sites is 2. The van der Waals surface area contributed by atoms with E-state index < -0.39 is 29.3 Å². The van der Waals surface area contributed by atoms with Crippen LogP contribution in [0.2, 0.25) is 0 Å². The molecule has 6 nitrogen and oxygen atoms in total. The molecule has 2 aliphatic rings. The first-order chi connectivity index (χ1) is 17.0. The summed E-state index contributed by atoms with van der Waals surface area (Å²) in [6, 6.07) is 24.6. The molecule has 5 rings (SSSR count). The molecule has 0 saturated carbocycles. The van der Waals surface area contributed by atoms with Gasteiger partial charge in [-0.3, -0.25) is 9.59 Å². The lowest BCUT2D eigenvalue weighted by atomic mass is 9.67. The fourth-order valence-electron chi connectivity index (χ4n) is 5.57. The molecular weight excluding hydrogens is 438 g/mol. The van der Waals surface area contributed by atoms with Gasteiger partial charge < -0.3 is 15.4 Å². The van der Waals surface area contributed by atoms with E-state index >= 15 is 0 Å². The van der Waals surface area contributed by atoms with Crippen LogP contribution in [0.25, 0.3) is 6.08 Å². The van der Waals surface area contributed by atoms with E-state index in [1.54, 1.807) is 30.3 Å². The number of benzene rings is 3. The smallest absolute Gasteiger partial charge is 0.241 e. The van der Waals surface area contributed by atoms with Gasteiger partial charge in [0.1, 0.15) is 11.8 Å². The predicted molar refractivity (Wildman–Crippen MR) is 134 cm³/mol. The number of ether oxygens (including phenoxy) is 1. The van der Waals surface area contributed by atoms with E-state index in [1.807, 2.05) is 72.5 Å². The van der Waals surface area contributed by atoms with Crippen molar-refractivity contribution in [1.82, 2.24) is 0 Å². The van der Waals surface area contributed by atoms with Crippen LogP contribution in [-0.4, -0.2) is 30.4 Å². The number of fused-ring (bicyclic) bond motifs is 3. The van der Waals surface area contributed by atoms with E-state index in [-0.39, 0.29) is 5.78 Å². The zero-order chi connectivity index (χ0) is 24.6. The molecule has 4 atom stereocenters. The summed E-state index contributed by atoms with van der Waals surface area (Å²) in [6.07, 6.45) is 3.72. The molecule has 2 aliphatic heterocycles. The lowest BCUT2D eigenvalue weighted by Gasteiger charge is -2.36. The van der Waals surface area contributed by atoms with Crippen LogP contribution in [0.15, 0.2) is 84.9 Å². The molecule has 35 heavy (non-hydrogen) atoms. The molecule has 174 valence electrons. The standard InChI is InChI=1S/C29H25N3O3/c1-2-35-23-15-9-7-13-21(23)25-26(27(33)20-11-4-3-5-12-20)32-22-14-8-6-10-19(22)16-17-24(32)29(25,18-30)28(31)34/h3-17,24-26H,2H2,1H3,(H2,31,34)/t24-,25-,26-,29+/m1/s1. The Morgan fingerprint density at radius 3 is 2.43 bits per heavy atom. The highest BCUT2D eigenvalue weighted by atomic mass is 16.5. The summed E-state index contributed by atoms with van der Waals surface area (Å²) in [7, 11) is 0. The van der Waals surface area contributed by atoms with Crippen molar-refractivity contribution in [3.63, 3.8) is 0 Å². The van der Waals surface area contributed by atoms with Gasteiger partial charge in [-0.2, -0.15) is 5.26 Å². The molecule has 1 saturated heterocycles. The first kappa shape index (κ1) is 22.4. The third kappa shape index (κ3) is 3.31. The largest absolute Gasteiger partial charge is 0.494 e. The quantitative estimate of drug-likeness (QED) is 0.549. The Bertz CT molecular complexity index is 1360. The Hall–Kier alpha value is -4.37. The van der Waals surface area contributed by atoms with Crippen molar-refractivity contribution in [2.75, 3.05) is 11.5 Å². The van der Waals surface area contributed by atoms with Crippen LogP contribution in [-0.2, 0) is 4.79 Å². The fourth-order valence-corrected chi connectivity index (χ4v) is 5.57. The lowest BCUT2D eigenvalue weighted by molar-refractivity contribution is -0.125. The van der Waals surface area contributed by atoms with Gasteiger partial charge in [0.05, 0.1) is 18.7 Å². The molecule has 0 unspecified atom stereocenters. The molecule has 0 radical (unpaired) electrons. The van der Waals surface area contributed by atoms with Gasteiger partial charge in [0, 0.05) is 22.7 Å². The van der Waals surface area contributed by atoms with Gasteiger partial charge in [-0.05, 0) is 24.6 Å². The second-order valence-corrected chi connectivity index (χ2v) is 8.74. The van der Waals surface area contributed by atoms with Crippen LogP contribution in [0.4, 0.5) is 5.69 Å². The van der Waals surface area contributed by atoms with E-state index in [4.69, 9.17) is 10.5 Å². The lowest BCUT2D eigenvalue weighted by Crippen LogP contribution is -2.49. The molecule has 2 N–H and O–H groups in total. The SMILES string of the molecule is CCOc1ccccc1[C@@H]1[C@H](C(=O)c2ccccc2)N2c3ccccc3C=C[C@@H]2[C@]1(C#N)C(N)=O. The molecule has 0 aliphatic carbocycles. The Kier molecular flexibility index (Phi) is 5.62. The fraction of sp³-hybridized carbons (Fsp3) is 0.207. The van der Waals surface area contributed by atoms with Crippen molar-refractivity contribution in [3.05, 3.63) is 102 Å². The minimum absolute atomic E-state index is 0.185. The predicted octanol–water partition coefficient (Wildman–Crippen LogP) is 4.33. The van der Waals surface area contributed by atoms with Gasteiger partial charge >= 0.3 is 0 Å². The van der Waals surface area contributed by atoms with Crippen LogP contribution < -0.4 is 15.4 Å². The van der Waals surface area contributed by atoms with Crippen LogP contribution >= 0.6 is 0 Å². The van der Waals surface area contributed by atoms with Crippen molar-refractivity contribution < 1.29 is 14.3 Å². The summed E-state index contributed by atoms with van der Waals surface area (Å²) in [6.45, 7) is 2.26. The maximum Gasteiger partial charge on any atom is 0.241 e. The molecule has 2 heterocycles. The van der Waals surface area contributed by atoms with Gasteiger partial charge in [-0.1, -0.05) is 78.9 Å². The Labute approximate surface area is 204 Å². The average molecular weight is 464 g/mol. The number of nitriles is 1. The number of primary amides is 1. The van der Waals surface area contributed by atoms with E-state index in [2.05, 4.69) is 6.07 Å². The zero-order valence-corrected chi connectivity index (χ0v) is 19.3. The number of hydrogen-bond acceptors (Lipinski definition) is 5. The molecule has 0 bridgehead atoms. The van der Waals surface area contributed by atoms with Crippen LogP contribution in [0.5, 0.6) is 5.75 Å². The number of anilines is 1. The molecule has 0 spiro atoms. The van der Waals surface area contributed by atoms with Crippen molar-refractivity contribution in [1.29, 1.82) is 5.26 Å². The summed E-state index contributed by atoms with van der Waals surface area (Å²) >= 11 is 0. The van der Waals surface area contributed by atoms with Crippen LogP contribution in [0.3, 0.4) is 0 Å². The monoisotopic (exact) mass is 463 g/mol. The summed E-state index contributed by atoms with van der Waals surface area (Å²) < 4.78 is 5.91. The Morgan fingerprint density at radius 1 is 1.03 bits per heavy atom. The van der Waals surface area contributed by atoms with E-state index in [0.29, 0.717) is 23.5 Å². The number of carbonyl (C=O) groups excluding carboxylic acids is 2. The number of carbonyl (C=O) groups is 2. The van der Waals surface area contributed by atoms with Crippen molar-refractivity contribution in [3.8, 4) is 11.8 Å². The molecule has 6 heteroatoms. The first-order valence-electron chi connectivity index (χ1n) is 11.6. The average Bonchev–Trinajstić information content (AvgIpc) is 3.21. The number of amides is 1. The van der Waals surface area contributed by atoms with E-state index in [9.17, 15) is 14.9 Å². The summed E-state index contributed by atoms with van der Waals surface area (Å²) in [4.78, 5) is 29.4. The minimum Gasteiger partial charge on any atom is -0.494 e. The second-order valence-electron chi connectivity index (χ2n) is 8.74. The molecule has 1 amide bonds. The van der Waals surface area contributed by atoms with Crippen LogP contribution in [0, 0.1) is 16.7 Å². The Balaban J connectivity index is 1.83. The Morgan fingerprint density at radius 2 is 1.71 bits per heavy atom. The van der Waals surface area contributed by atoms with Crippen molar-refractivity contribution >= 4 is 23.5 Å². The maximum atomic E-state index is 14.2. The first-order valence-corrected chi connectivity index (χ1v) is 11.6. The normalized spacial score (nSPS) is 24.2. The van der Waals surface area contributed by atoms with Gasteiger partial charge in [-0.15, -0.1) is 0 Å². The molecule has 1 fully saturated rings. The highest BCUT2D eigenvalue weighted by molar-refractivity contribution is 6.06. The number of nitrogens with two attached hydrogens (primary N) is 1. The van der Waals surface area contributed by atoms with Gasteiger partial charge in [0.15, 0.2) is 11.2 Å². The van der Waals surface area contributed by atoms with Crippen molar-refractivity contribution in [2.24, 2.45) is 11.1 Å². The van der Waals surface area contributed by atoms with Gasteiger partial charge in [0.2, 0.25) is 5.91 Å². The van der Waals surface area contributed by atoms with E-state index in [0.717, 1.165) is 11.3 Å². The number of nitrogens with zero attached hydrogens (tertiary/aromatic N) is 2. The van der Waals surface area contributed by atoms with E-state index in [1.165, 1.54) is 0 Å². The number of ketones is 1. The molecule has 3 aromatic rings. The summed E-state index contributed by atoms with van der Waals surface area (Å²) in [5.74, 6) is -1.28. The molecule has 0 aromatic heterocycles. The molecular formula is C29H25N3O3. The summed E-state index contributed by atoms with van der Waals surface area (Å²) in [5.41, 5.74) is 7.15. The topological polar surface area (TPSA) is 96.4 Å². The number of rotatable bonds is 6.